The Kier molecular flexibility index (Phi) is 7.45. The third-order valence-corrected chi connectivity index (χ3v) is 6.84. The van der Waals surface area contributed by atoms with Crippen LogP contribution in [0, 0.1) is 13.8 Å². The Bertz CT molecular complexity index is 1120. The molecule has 0 atom stereocenters. The summed E-state index contributed by atoms with van der Waals surface area (Å²) in [6.45, 7) is 5.78. The van der Waals surface area contributed by atoms with Gasteiger partial charge in [0.2, 0.25) is 11.9 Å². The van der Waals surface area contributed by atoms with Gasteiger partial charge in [-0.15, -0.1) is 10.2 Å². The summed E-state index contributed by atoms with van der Waals surface area (Å²) in [6, 6.07) is 11.6. The van der Waals surface area contributed by atoms with Crippen LogP contribution in [0.25, 0.3) is 5.69 Å². The van der Waals surface area contributed by atoms with E-state index in [9.17, 15) is 4.79 Å². The zero-order valence-corrected chi connectivity index (χ0v) is 20.7. The average molecular weight is 486 g/mol. The topological polar surface area (TPSA) is 72.3 Å². The summed E-state index contributed by atoms with van der Waals surface area (Å²) < 4.78 is 7.60. The number of anilines is 2. The van der Waals surface area contributed by atoms with E-state index in [4.69, 9.17) is 16.3 Å². The molecule has 0 saturated carbocycles. The molecule has 33 heavy (non-hydrogen) atoms. The molecular formula is C24H28ClN5O2S. The van der Waals surface area contributed by atoms with Crippen LogP contribution >= 0.6 is 23.4 Å². The number of aryl methyl sites for hydroxylation is 2. The van der Waals surface area contributed by atoms with Gasteiger partial charge in [0.15, 0.2) is 5.16 Å². The van der Waals surface area contributed by atoms with E-state index in [1.807, 2.05) is 54.8 Å². The Balaban J connectivity index is 1.59. The second kappa shape index (κ2) is 10.5. The molecule has 0 spiro atoms. The Morgan fingerprint density at radius 1 is 1.15 bits per heavy atom. The van der Waals surface area contributed by atoms with E-state index in [2.05, 4.69) is 20.4 Å². The fourth-order valence-electron chi connectivity index (χ4n) is 4.06. The van der Waals surface area contributed by atoms with E-state index in [1.54, 1.807) is 7.11 Å². The van der Waals surface area contributed by atoms with Gasteiger partial charge in [-0.2, -0.15) is 0 Å². The summed E-state index contributed by atoms with van der Waals surface area (Å²) >= 11 is 7.70. The molecule has 174 valence electrons. The van der Waals surface area contributed by atoms with Gasteiger partial charge in [0.1, 0.15) is 5.75 Å². The van der Waals surface area contributed by atoms with Crippen LogP contribution in [0.4, 0.5) is 11.6 Å². The quantitative estimate of drug-likeness (QED) is 0.460. The summed E-state index contributed by atoms with van der Waals surface area (Å²) in [4.78, 5) is 15.0. The first-order chi connectivity index (χ1) is 16.0. The van der Waals surface area contributed by atoms with Crippen molar-refractivity contribution < 1.29 is 9.53 Å². The fraction of sp³-hybridized carbons (Fsp3) is 0.375. The normalized spacial score (nSPS) is 13.8. The lowest BCUT2D eigenvalue weighted by Gasteiger charge is -2.28. The number of carbonyl (C=O) groups is 1. The number of amides is 1. The van der Waals surface area contributed by atoms with E-state index in [-0.39, 0.29) is 11.7 Å². The van der Waals surface area contributed by atoms with Gasteiger partial charge in [-0.05, 0) is 62.4 Å². The Hall–Kier alpha value is -2.71. The number of aromatic nitrogens is 3. The molecule has 1 N–H and O–H groups in total. The number of rotatable bonds is 7. The highest BCUT2D eigenvalue weighted by Gasteiger charge is 2.24. The highest BCUT2D eigenvalue weighted by molar-refractivity contribution is 7.99. The summed E-state index contributed by atoms with van der Waals surface area (Å²) in [5.74, 6) is 1.53. The molecule has 7 nitrogen and oxygen atoms in total. The first-order valence-corrected chi connectivity index (χ1v) is 12.4. The number of ether oxygens (including phenoxy) is 1. The third-order valence-electron chi connectivity index (χ3n) is 5.61. The molecule has 3 aromatic rings. The van der Waals surface area contributed by atoms with Gasteiger partial charge in [-0.25, -0.2) is 0 Å². The Labute approximate surface area is 203 Å². The van der Waals surface area contributed by atoms with Gasteiger partial charge in [0, 0.05) is 13.1 Å². The minimum Gasteiger partial charge on any atom is -0.495 e. The first kappa shape index (κ1) is 23.4. The number of hydrogen-bond acceptors (Lipinski definition) is 6. The van der Waals surface area contributed by atoms with Crippen LogP contribution in [0.15, 0.2) is 41.6 Å². The summed E-state index contributed by atoms with van der Waals surface area (Å²) in [5.41, 5.74) is 3.49. The number of para-hydroxylation sites is 2. The van der Waals surface area contributed by atoms with Crippen molar-refractivity contribution in [2.24, 2.45) is 0 Å². The number of nitrogens with zero attached hydrogens (tertiary/aromatic N) is 4. The molecule has 2 heterocycles. The molecule has 2 aromatic carbocycles. The van der Waals surface area contributed by atoms with E-state index >= 15 is 0 Å². The largest absolute Gasteiger partial charge is 0.495 e. The third kappa shape index (κ3) is 5.28. The predicted octanol–water partition coefficient (Wildman–Crippen LogP) is 5.27. The molecule has 1 aliphatic heterocycles. The minimum absolute atomic E-state index is 0.150. The Morgan fingerprint density at radius 3 is 2.64 bits per heavy atom. The van der Waals surface area contributed by atoms with Gasteiger partial charge in [0.25, 0.3) is 0 Å². The summed E-state index contributed by atoms with van der Waals surface area (Å²) in [7, 11) is 1.65. The number of thioether (sulfide) groups is 1. The number of benzene rings is 2. The second-order valence-electron chi connectivity index (χ2n) is 8.11. The standard InChI is InChI=1S/C24H28ClN5O2S/c1-16-13-17(2)22(18(25)14-16)26-21(31)15-33-24-28-27-23(29-11-7-4-8-12-29)30(24)19-9-5-6-10-20(19)32-3/h5-6,9-10,13-14H,4,7-8,11-12,15H2,1-3H3,(H,26,31). The molecule has 1 fully saturated rings. The highest BCUT2D eigenvalue weighted by Crippen LogP contribution is 2.33. The number of hydrogen-bond donors (Lipinski definition) is 1. The van der Waals surface area contributed by atoms with E-state index in [0.717, 1.165) is 54.4 Å². The van der Waals surface area contributed by atoms with Crippen molar-refractivity contribution in [3.63, 3.8) is 0 Å². The zero-order valence-electron chi connectivity index (χ0n) is 19.1. The molecule has 1 saturated heterocycles. The van der Waals surface area contributed by atoms with Gasteiger partial charge >= 0.3 is 0 Å². The van der Waals surface area contributed by atoms with Crippen LogP contribution in [-0.2, 0) is 4.79 Å². The fourth-order valence-corrected chi connectivity index (χ4v) is 5.17. The molecule has 1 amide bonds. The predicted molar refractivity (Wildman–Crippen MR) is 134 cm³/mol. The second-order valence-corrected chi connectivity index (χ2v) is 9.46. The van der Waals surface area contributed by atoms with E-state index in [1.165, 1.54) is 18.2 Å². The summed E-state index contributed by atoms with van der Waals surface area (Å²) in [5, 5.41) is 13.1. The average Bonchev–Trinajstić information content (AvgIpc) is 3.24. The molecule has 0 aliphatic carbocycles. The Morgan fingerprint density at radius 2 is 1.91 bits per heavy atom. The molecule has 0 radical (unpaired) electrons. The lowest BCUT2D eigenvalue weighted by atomic mass is 10.1. The van der Waals surface area contributed by atoms with Gasteiger partial charge < -0.3 is 15.0 Å². The van der Waals surface area contributed by atoms with Crippen molar-refractivity contribution in [2.45, 2.75) is 38.3 Å². The first-order valence-electron chi connectivity index (χ1n) is 11.0. The molecule has 9 heteroatoms. The lowest BCUT2D eigenvalue weighted by Crippen LogP contribution is -2.31. The number of methoxy groups -OCH3 is 1. The van der Waals surface area contributed by atoms with E-state index < -0.39 is 0 Å². The smallest absolute Gasteiger partial charge is 0.234 e. The van der Waals surface area contributed by atoms with Gasteiger partial charge in [0.05, 0.1) is 29.3 Å². The van der Waals surface area contributed by atoms with Crippen LogP contribution in [0.5, 0.6) is 5.75 Å². The van der Waals surface area contributed by atoms with Gasteiger partial charge in [-0.1, -0.05) is 41.6 Å². The van der Waals surface area contributed by atoms with Crippen LogP contribution in [0.2, 0.25) is 5.02 Å². The molecule has 1 aromatic heterocycles. The van der Waals surface area contributed by atoms with E-state index in [0.29, 0.717) is 15.9 Å². The van der Waals surface area contributed by atoms with Crippen molar-refractivity contribution >= 4 is 40.9 Å². The monoisotopic (exact) mass is 485 g/mol. The maximum Gasteiger partial charge on any atom is 0.234 e. The molecule has 4 rings (SSSR count). The van der Waals surface area contributed by atoms with Crippen molar-refractivity contribution in [3.05, 3.63) is 52.5 Å². The lowest BCUT2D eigenvalue weighted by molar-refractivity contribution is -0.113. The molecule has 0 unspecified atom stereocenters. The van der Waals surface area contributed by atoms with Crippen LogP contribution in [0.1, 0.15) is 30.4 Å². The molecule has 1 aliphatic rings. The van der Waals surface area contributed by atoms with Crippen molar-refractivity contribution in [1.82, 2.24) is 14.8 Å². The van der Waals surface area contributed by atoms with Crippen LogP contribution in [-0.4, -0.2) is 46.6 Å². The van der Waals surface area contributed by atoms with Crippen molar-refractivity contribution in [2.75, 3.05) is 36.2 Å². The molecule has 0 bridgehead atoms. The SMILES string of the molecule is COc1ccccc1-n1c(SCC(=O)Nc2c(C)cc(C)cc2Cl)nnc1N1CCCCC1. The van der Waals surface area contributed by atoms with Crippen molar-refractivity contribution in [3.8, 4) is 11.4 Å². The molecular weight excluding hydrogens is 458 g/mol. The number of carbonyl (C=O) groups excluding carboxylic acids is 1. The van der Waals surface area contributed by atoms with Crippen LogP contribution in [0.3, 0.4) is 0 Å². The maximum absolute atomic E-state index is 12.8. The number of halogens is 1. The number of piperidine rings is 1. The van der Waals surface area contributed by atoms with Crippen molar-refractivity contribution in [1.29, 1.82) is 0 Å². The highest BCUT2D eigenvalue weighted by atomic mass is 35.5. The van der Waals surface area contributed by atoms with Gasteiger partial charge in [-0.3, -0.25) is 9.36 Å². The summed E-state index contributed by atoms with van der Waals surface area (Å²) in [6.07, 6.45) is 3.47. The maximum atomic E-state index is 12.8. The minimum atomic E-state index is -0.150. The number of nitrogens with one attached hydrogen (secondary N) is 1. The zero-order chi connectivity index (χ0) is 23.4. The van der Waals surface area contributed by atoms with Crippen LogP contribution < -0.4 is 15.0 Å².